The van der Waals surface area contributed by atoms with Crippen molar-refractivity contribution in [2.75, 3.05) is 13.1 Å². The van der Waals surface area contributed by atoms with Crippen LogP contribution in [0.2, 0.25) is 0 Å². The Morgan fingerprint density at radius 1 is 1.16 bits per heavy atom. The average Bonchev–Trinajstić information content (AvgIpc) is 2.61. The highest BCUT2D eigenvalue weighted by Gasteiger charge is 2.42. The molecule has 0 aromatic rings. The molecule has 0 bridgehead atoms. The normalized spacial score (nSPS) is 21.6. The summed E-state index contributed by atoms with van der Waals surface area (Å²) in [5, 5.41) is -0.486. The Hall–Kier alpha value is -0.780. The van der Waals surface area contributed by atoms with Crippen molar-refractivity contribution in [1.29, 1.82) is 0 Å². The lowest BCUT2D eigenvalue weighted by atomic mass is 10.2. The van der Waals surface area contributed by atoms with Gasteiger partial charge in [-0.15, -0.1) is 0 Å². The largest absolute Gasteiger partial charge is 0.444 e. The first-order valence-electron chi connectivity index (χ1n) is 6.56. The lowest BCUT2D eigenvalue weighted by Gasteiger charge is -2.26. The van der Waals surface area contributed by atoms with Crippen LogP contribution >= 0.6 is 0 Å². The van der Waals surface area contributed by atoms with Gasteiger partial charge in [-0.05, 0) is 48.0 Å². The van der Waals surface area contributed by atoms with Crippen LogP contribution in [-0.4, -0.2) is 48.1 Å². The number of likely N-dealkylation sites (tertiary alicyclic amines) is 1. The van der Waals surface area contributed by atoms with E-state index in [0.717, 1.165) is 0 Å². The molecular weight excluding hydrogens is 266 g/mol. The second kappa shape index (κ2) is 4.96. The monoisotopic (exact) mass is 291 g/mol. The van der Waals surface area contributed by atoms with Gasteiger partial charge >= 0.3 is 6.09 Å². The summed E-state index contributed by atoms with van der Waals surface area (Å²) in [4.78, 5) is 13.4. The summed E-state index contributed by atoms with van der Waals surface area (Å²) >= 11 is 0. The highest BCUT2D eigenvalue weighted by atomic mass is 32.2. The van der Waals surface area contributed by atoms with Crippen LogP contribution < -0.4 is 0 Å². The highest BCUT2D eigenvalue weighted by Crippen LogP contribution is 2.27. The first kappa shape index (κ1) is 16.3. The number of hydrogen-bond acceptors (Lipinski definition) is 4. The van der Waals surface area contributed by atoms with Crippen LogP contribution in [0, 0.1) is 0 Å². The van der Waals surface area contributed by atoms with E-state index in [9.17, 15) is 13.2 Å². The van der Waals surface area contributed by atoms with Crippen LogP contribution in [0.4, 0.5) is 4.79 Å². The van der Waals surface area contributed by atoms with Gasteiger partial charge in [0.25, 0.3) is 0 Å². The van der Waals surface area contributed by atoms with Crippen molar-refractivity contribution >= 4 is 15.9 Å². The van der Waals surface area contributed by atoms with E-state index >= 15 is 0 Å². The topological polar surface area (TPSA) is 63.7 Å². The van der Waals surface area contributed by atoms with E-state index in [1.54, 1.807) is 41.5 Å². The number of carbonyl (C=O) groups is 1. The van der Waals surface area contributed by atoms with Crippen LogP contribution in [0.15, 0.2) is 0 Å². The quantitative estimate of drug-likeness (QED) is 0.743. The van der Waals surface area contributed by atoms with E-state index < -0.39 is 31.5 Å². The van der Waals surface area contributed by atoms with Gasteiger partial charge in [-0.1, -0.05) is 0 Å². The molecule has 1 aliphatic rings. The smallest absolute Gasteiger partial charge is 0.410 e. The standard InChI is InChI=1S/C13H25NO4S/c1-12(2,3)18-11(15)14-8-7-10(9-14)19(16,17)13(4,5)6/h10H,7-9H2,1-6H3. The highest BCUT2D eigenvalue weighted by molar-refractivity contribution is 7.93. The van der Waals surface area contributed by atoms with Gasteiger partial charge in [0.1, 0.15) is 5.60 Å². The summed E-state index contributed by atoms with van der Waals surface area (Å²) in [5.74, 6) is 0. The second-order valence-corrected chi connectivity index (χ2v) is 9.98. The Balaban J connectivity index is 2.73. The maximum atomic E-state index is 12.3. The number of ether oxygens (including phenoxy) is 1. The minimum atomic E-state index is -3.24. The van der Waals surface area contributed by atoms with Gasteiger partial charge in [-0.2, -0.15) is 0 Å². The molecule has 1 heterocycles. The second-order valence-electron chi connectivity index (χ2n) is 6.99. The predicted molar refractivity (Wildman–Crippen MR) is 74.9 cm³/mol. The van der Waals surface area contributed by atoms with Crippen molar-refractivity contribution in [3.63, 3.8) is 0 Å². The van der Waals surface area contributed by atoms with Crippen molar-refractivity contribution in [2.45, 2.75) is 63.6 Å². The molecule has 0 spiro atoms. The molecule has 1 atom stereocenters. The number of rotatable bonds is 1. The molecule has 0 N–H and O–H groups in total. The third kappa shape index (κ3) is 3.84. The van der Waals surface area contributed by atoms with Crippen LogP contribution in [0.3, 0.4) is 0 Å². The zero-order valence-corrected chi connectivity index (χ0v) is 13.5. The van der Waals surface area contributed by atoms with E-state index in [0.29, 0.717) is 13.0 Å². The maximum absolute atomic E-state index is 12.3. The third-order valence-corrected chi connectivity index (χ3v) is 6.06. The molecule has 19 heavy (non-hydrogen) atoms. The SMILES string of the molecule is CC(C)(C)OC(=O)N1CCC(S(=O)(=O)C(C)(C)C)C1. The Bertz CT molecular complexity index is 442. The maximum Gasteiger partial charge on any atom is 0.410 e. The van der Waals surface area contributed by atoms with Crippen LogP contribution in [-0.2, 0) is 14.6 Å². The number of carbonyl (C=O) groups excluding carboxylic acids is 1. The number of amides is 1. The molecule has 0 radical (unpaired) electrons. The summed E-state index contributed by atoms with van der Waals surface area (Å²) in [6.07, 6.45) is 0.0536. The molecule has 0 saturated carbocycles. The fraction of sp³-hybridized carbons (Fsp3) is 0.923. The Kier molecular flexibility index (Phi) is 4.25. The van der Waals surface area contributed by atoms with Gasteiger partial charge in [0.2, 0.25) is 0 Å². The van der Waals surface area contributed by atoms with E-state index in [1.807, 2.05) is 0 Å². The van der Waals surface area contributed by atoms with Gasteiger partial charge in [0.15, 0.2) is 9.84 Å². The number of sulfone groups is 1. The van der Waals surface area contributed by atoms with Crippen LogP contribution in [0.5, 0.6) is 0 Å². The minimum Gasteiger partial charge on any atom is -0.444 e. The lowest BCUT2D eigenvalue weighted by molar-refractivity contribution is 0.0295. The third-order valence-electron chi connectivity index (χ3n) is 3.09. The van der Waals surface area contributed by atoms with E-state index in [1.165, 1.54) is 4.90 Å². The van der Waals surface area contributed by atoms with E-state index in [2.05, 4.69) is 0 Å². The van der Waals surface area contributed by atoms with Gasteiger partial charge in [-0.25, -0.2) is 13.2 Å². The molecule has 0 aromatic carbocycles. The van der Waals surface area contributed by atoms with E-state index in [4.69, 9.17) is 4.74 Å². The van der Waals surface area contributed by atoms with Crippen LogP contribution in [0.25, 0.3) is 0 Å². The van der Waals surface area contributed by atoms with Gasteiger partial charge in [0.05, 0.1) is 10.00 Å². The summed E-state index contributed by atoms with van der Waals surface area (Å²) in [6.45, 7) is 11.1. The summed E-state index contributed by atoms with van der Waals surface area (Å²) in [5.41, 5.74) is -0.557. The fourth-order valence-corrected chi connectivity index (χ4v) is 3.77. The fourth-order valence-electron chi connectivity index (χ4n) is 1.97. The molecule has 6 heteroatoms. The Morgan fingerprint density at radius 3 is 2.11 bits per heavy atom. The molecule has 0 aromatic heterocycles. The molecule has 1 rings (SSSR count). The van der Waals surface area contributed by atoms with Crippen molar-refractivity contribution in [1.82, 2.24) is 4.90 Å². The van der Waals surface area contributed by atoms with Crippen LogP contribution in [0.1, 0.15) is 48.0 Å². The van der Waals surface area contributed by atoms with Crippen molar-refractivity contribution in [3.05, 3.63) is 0 Å². The zero-order valence-electron chi connectivity index (χ0n) is 12.7. The minimum absolute atomic E-state index is 0.231. The predicted octanol–water partition coefficient (Wildman–Crippen LogP) is 2.21. The molecule has 1 saturated heterocycles. The van der Waals surface area contributed by atoms with Gasteiger partial charge in [0, 0.05) is 13.1 Å². The molecule has 1 unspecified atom stereocenters. The number of hydrogen-bond donors (Lipinski definition) is 0. The van der Waals surface area contributed by atoms with Crippen molar-refractivity contribution < 1.29 is 17.9 Å². The van der Waals surface area contributed by atoms with E-state index in [-0.39, 0.29) is 6.54 Å². The summed E-state index contributed by atoms with van der Waals surface area (Å²) in [7, 11) is -3.24. The molecule has 1 aliphatic heterocycles. The molecule has 0 aliphatic carbocycles. The molecule has 1 amide bonds. The Labute approximate surface area is 116 Å². The zero-order chi connectivity index (χ0) is 15.1. The molecular formula is C13H25NO4S. The Morgan fingerprint density at radius 2 is 1.68 bits per heavy atom. The average molecular weight is 291 g/mol. The van der Waals surface area contributed by atoms with Crippen molar-refractivity contribution in [2.24, 2.45) is 0 Å². The summed E-state index contributed by atoms with van der Waals surface area (Å²) in [6, 6.07) is 0. The molecule has 5 nitrogen and oxygen atoms in total. The molecule has 1 fully saturated rings. The number of nitrogens with zero attached hydrogens (tertiary/aromatic N) is 1. The van der Waals surface area contributed by atoms with Gasteiger partial charge in [-0.3, -0.25) is 0 Å². The first-order chi connectivity index (χ1) is 8.34. The lowest BCUT2D eigenvalue weighted by Crippen LogP contribution is -2.41. The van der Waals surface area contributed by atoms with Gasteiger partial charge < -0.3 is 9.64 Å². The molecule has 112 valence electrons. The first-order valence-corrected chi connectivity index (χ1v) is 8.10. The van der Waals surface area contributed by atoms with Crippen molar-refractivity contribution in [3.8, 4) is 0 Å². The summed E-state index contributed by atoms with van der Waals surface area (Å²) < 4.78 is 29.1.